The number of aliphatic carboxylic acids is 1. The van der Waals surface area contributed by atoms with Crippen LogP contribution in [0.4, 0.5) is 0 Å². The molecule has 2 aliphatic heterocycles. The molecule has 2 heterocycles. The summed E-state index contributed by atoms with van der Waals surface area (Å²) in [5, 5.41) is 8.79. The van der Waals surface area contributed by atoms with Gasteiger partial charge in [-0.2, -0.15) is 0 Å². The highest BCUT2D eigenvalue weighted by Crippen LogP contribution is 2.25. The third-order valence-electron chi connectivity index (χ3n) is 4.11. The molecule has 0 unspecified atom stereocenters. The summed E-state index contributed by atoms with van der Waals surface area (Å²) in [6, 6.07) is 0.110. The molecule has 2 rings (SSSR count). The van der Waals surface area contributed by atoms with Crippen LogP contribution in [0.3, 0.4) is 0 Å². The van der Waals surface area contributed by atoms with E-state index in [1.807, 2.05) is 4.90 Å². The minimum Gasteiger partial charge on any atom is -0.481 e. The lowest BCUT2D eigenvalue weighted by atomic mass is 9.94. The van der Waals surface area contributed by atoms with E-state index in [0.717, 1.165) is 45.3 Å². The molecule has 0 radical (unpaired) electrons. The molecule has 2 fully saturated rings. The van der Waals surface area contributed by atoms with E-state index >= 15 is 0 Å². The number of hydrogen-bond donors (Lipinski definition) is 1. The molecule has 5 nitrogen and oxygen atoms in total. The largest absolute Gasteiger partial charge is 0.481 e. The van der Waals surface area contributed by atoms with Crippen LogP contribution in [0, 0.1) is 5.92 Å². The van der Waals surface area contributed by atoms with Crippen molar-refractivity contribution in [3.8, 4) is 0 Å². The fraction of sp³-hybridized carbons (Fsp3) is 0.857. The van der Waals surface area contributed by atoms with Crippen LogP contribution >= 0.6 is 0 Å². The summed E-state index contributed by atoms with van der Waals surface area (Å²) in [6.45, 7) is 2.06. The van der Waals surface area contributed by atoms with Gasteiger partial charge in [-0.25, -0.2) is 0 Å². The van der Waals surface area contributed by atoms with Crippen molar-refractivity contribution in [3.63, 3.8) is 0 Å². The highest BCUT2D eigenvalue weighted by atomic mass is 16.5. The Kier molecular flexibility index (Phi) is 5.19. The normalized spacial score (nSPS) is 28.1. The van der Waals surface area contributed by atoms with Crippen molar-refractivity contribution in [2.24, 2.45) is 5.92 Å². The fourth-order valence-electron chi connectivity index (χ4n) is 3.05. The van der Waals surface area contributed by atoms with E-state index in [4.69, 9.17) is 9.84 Å². The molecule has 0 aromatic rings. The number of carboxylic acid groups (broad SMARTS) is 1. The van der Waals surface area contributed by atoms with Gasteiger partial charge < -0.3 is 14.7 Å². The Labute approximate surface area is 113 Å². The van der Waals surface area contributed by atoms with Crippen molar-refractivity contribution in [1.82, 2.24) is 4.90 Å². The molecule has 0 spiro atoms. The molecule has 0 saturated carbocycles. The number of amides is 1. The second-order valence-corrected chi connectivity index (χ2v) is 5.53. The molecule has 2 saturated heterocycles. The smallest absolute Gasteiger partial charge is 0.303 e. The highest BCUT2D eigenvalue weighted by molar-refractivity contribution is 5.79. The molecule has 1 N–H and O–H groups in total. The van der Waals surface area contributed by atoms with Gasteiger partial charge in [0.05, 0.1) is 12.5 Å². The summed E-state index contributed by atoms with van der Waals surface area (Å²) in [5.41, 5.74) is 0. The standard InChI is InChI=1S/C14H23NO4/c16-13(17)7-6-12-5-1-2-8-15(12)14(18)11-4-3-9-19-10-11/h11-12H,1-10H2,(H,16,17)/t11-,12-/m1/s1. The van der Waals surface area contributed by atoms with Gasteiger partial charge in [0, 0.05) is 25.6 Å². The lowest BCUT2D eigenvalue weighted by Crippen LogP contribution is -2.48. The molecule has 2 aliphatic rings. The molecule has 0 bridgehead atoms. The zero-order chi connectivity index (χ0) is 13.7. The molecule has 0 aliphatic carbocycles. The van der Waals surface area contributed by atoms with Gasteiger partial charge in [-0.3, -0.25) is 9.59 Å². The molecule has 5 heteroatoms. The first kappa shape index (κ1) is 14.3. The lowest BCUT2D eigenvalue weighted by molar-refractivity contribution is -0.145. The summed E-state index contributed by atoms with van der Waals surface area (Å²) < 4.78 is 5.39. The Morgan fingerprint density at radius 3 is 2.74 bits per heavy atom. The Bertz CT molecular complexity index is 325. The summed E-state index contributed by atoms with van der Waals surface area (Å²) in [6.07, 6.45) is 5.64. The quantitative estimate of drug-likeness (QED) is 0.843. The van der Waals surface area contributed by atoms with E-state index in [0.29, 0.717) is 13.0 Å². The van der Waals surface area contributed by atoms with Crippen molar-refractivity contribution in [3.05, 3.63) is 0 Å². The van der Waals surface area contributed by atoms with E-state index in [-0.39, 0.29) is 24.3 Å². The number of ether oxygens (including phenoxy) is 1. The van der Waals surface area contributed by atoms with Crippen molar-refractivity contribution in [2.75, 3.05) is 19.8 Å². The molecule has 0 aromatic heterocycles. The third-order valence-corrected chi connectivity index (χ3v) is 4.11. The Hall–Kier alpha value is -1.10. The van der Waals surface area contributed by atoms with Gasteiger partial charge in [0.1, 0.15) is 0 Å². The molecule has 108 valence electrons. The van der Waals surface area contributed by atoms with Crippen LogP contribution in [0.5, 0.6) is 0 Å². The number of nitrogens with zero attached hydrogens (tertiary/aromatic N) is 1. The van der Waals surface area contributed by atoms with Gasteiger partial charge in [0.25, 0.3) is 0 Å². The summed E-state index contributed by atoms with van der Waals surface area (Å²) in [7, 11) is 0. The SMILES string of the molecule is O=C(O)CC[C@H]1CCCCN1C(=O)[C@@H]1CCCOC1. The number of likely N-dealkylation sites (tertiary alicyclic amines) is 1. The third kappa shape index (κ3) is 3.93. The van der Waals surface area contributed by atoms with E-state index in [1.54, 1.807) is 0 Å². The first-order valence-electron chi connectivity index (χ1n) is 7.28. The second-order valence-electron chi connectivity index (χ2n) is 5.53. The monoisotopic (exact) mass is 269 g/mol. The number of carboxylic acids is 1. The number of piperidine rings is 1. The maximum atomic E-state index is 12.5. The number of rotatable bonds is 4. The molecule has 19 heavy (non-hydrogen) atoms. The van der Waals surface area contributed by atoms with Gasteiger partial charge >= 0.3 is 5.97 Å². The average molecular weight is 269 g/mol. The van der Waals surface area contributed by atoms with E-state index in [9.17, 15) is 9.59 Å². The van der Waals surface area contributed by atoms with Gasteiger partial charge in [0.15, 0.2) is 0 Å². The van der Waals surface area contributed by atoms with Crippen LogP contribution in [0.1, 0.15) is 44.9 Å². The maximum Gasteiger partial charge on any atom is 0.303 e. The van der Waals surface area contributed by atoms with Gasteiger partial charge in [0.2, 0.25) is 5.91 Å². The summed E-state index contributed by atoms with van der Waals surface area (Å²) in [5.74, 6) is -0.618. The Balaban J connectivity index is 1.93. The number of carbonyl (C=O) groups is 2. The van der Waals surface area contributed by atoms with Gasteiger partial charge in [-0.05, 0) is 38.5 Å². The summed E-state index contributed by atoms with van der Waals surface area (Å²) >= 11 is 0. The van der Waals surface area contributed by atoms with Crippen LogP contribution in [0.25, 0.3) is 0 Å². The molecule has 1 amide bonds. The maximum absolute atomic E-state index is 12.5. The zero-order valence-corrected chi connectivity index (χ0v) is 11.3. The fourth-order valence-corrected chi connectivity index (χ4v) is 3.05. The lowest BCUT2D eigenvalue weighted by Gasteiger charge is -2.38. The second kappa shape index (κ2) is 6.89. The van der Waals surface area contributed by atoms with Crippen molar-refractivity contribution in [1.29, 1.82) is 0 Å². The molecular weight excluding hydrogens is 246 g/mol. The first-order valence-corrected chi connectivity index (χ1v) is 7.28. The minimum absolute atomic E-state index is 0.0146. The van der Waals surface area contributed by atoms with Crippen LogP contribution < -0.4 is 0 Å². The molecule has 0 aromatic carbocycles. The Morgan fingerprint density at radius 2 is 2.05 bits per heavy atom. The highest BCUT2D eigenvalue weighted by Gasteiger charge is 2.32. The van der Waals surface area contributed by atoms with Gasteiger partial charge in [-0.1, -0.05) is 0 Å². The minimum atomic E-state index is -0.779. The van der Waals surface area contributed by atoms with E-state index in [1.165, 1.54) is 0 Å². The first-order chi connectivity index (χ1) is 9.18. The van der Waals surface area contributed by atoms with Crippen LogP contribution in [0.15, 0.2) is 0 Å². The van der Waals surface area contributed by atoms with E-state index < -0.39 is 5.97 Å². The molecular formula is C14H23NO4. The molecule has 2 atom stereocenters. The van der Waals surface area contributed by atoms with Crippen LogP contribution in [0.2, 0.25) is 0 Å². The number of carbonyl (C=O) groups excluding carboxylic acids is 1. The summed E-state index contributed by atoms with van der Waals surface area (Å²) in [4.78, 5) is 25.1. The topological polar surface area (TPSA) is 66.8 Å². The average Bonchev–Trinajstić information content (AvgIpc) is 2.45. The van der Waals surface area contributed by atoms with Crippen molar-refractivity contribution >= 4 is 11.9 Å². The Morgan fingerprint density at radius 1 is 1.21 bits per heavy atom. The predicted octanol–water partition coefficient (Wildman–Crippen LogP) is 1.66. The van der Waals surface area contributed by atoms with Crippen LogP contribution in [-0.4, -0.2) is 47.7 Å². The van der Waals surface area contributed by atoms with E-state index in [2.05, 4.69) is 0 Å². The van der Waals surface area contributed by atoms with Crippen molar-refractivity contribution < 1.29 is 19.4 Å². The predicted molar refractivity (Wildman–Crippen MR) is 69.8 cm³/mol. The van der Waals surface area contributed by atoms with Gasteiger partial charge in [-0.15, -0.1) is 0 Å². The number of hydrogen-bond acceptors (Lipinski definition) is 3. The van der Waals surface area contributed by atoms with Crippen molar-refractivity contribution in [2.45, 2.75) is 51.0 Å². The zero-order valence-electron chi connectivity index (χ0n) is 11.3. The van der Waals surface area contributed by atoms with Crippen LogP contribution in [-0.2, 0) is 14.3 Å².